The van der Waals surface area contributed by atoms with E-state index in [2.05, 4.69) is 39.9 Å². The number of nitrogens with two attached hydrogens (primary N) is 1. The van der Waals surface area contributed by atoms with Gasteiger partial charge in [-0.05, 0) is 27.7 Å². The molecule has 0 aliphatic heterocycles. The van der Waals surface area contributed by atoms with Crippen molar-refractivity contribution in [1.29, 1.82) is 0 Å². The van der Waals surface area contributed by atoms with Crippen LogP contribution in [-0.2, 0) is 0 Å². The summed E-state index contributed by atoms with van der Waals surface area (Å²) in [7, 11) is 0. The topological polar surface area (TPSA) is 41.3 Å². The van der Waals surface area contributed by atoms with Crippen molar-refractivity contribution in [2.75, 3.05) is 13.1 Å². The second-order valence-corrected chi connectivity index (χ2v) is 4.38. The van der Waals surface area contributed by atoms with E-state index in [-0.39, 0.29) is 5.54 Å². The van der Waals surface area contributed by atoms with Crippen LogP contribution in [0.15, 0.2) is 0 Å². The first-order valence-corrected chi connectivity index (χ1v) is 4.62. The Hall–Kier alpha value is -0.120. The second-order valence-electron chi connectivity index (χ2n) is 4.38. The monoisotopic (exact) mass is 173 g/mol. The number of likely N-dealkylation sites (N-methyl/N-ethyl adjacent to an activating group) is 1. The Morgan fingerprint density at radius 3 is 2.25 bits per heavy atom. The Labute approximate surface area is 76.3 Å². The molecule has 74 valence electrons. The van der Waals surface area contributed by atoms with Gasteiger partial charge in [-0.3, -0.25) is 5.84 Å². The van der Waals surface area contributed by atoms with Gasteiger partial charge in [0.25, 0.3) is 0 Å². The van der Waals surface area contributed by atoms with Gasteiger partial charge in [0.2, 0.25) is 0 Å². The van der Waals surface area contributed by atoms with Gasteiger partial charge in [-0.1, -0.05) is 6.92 Å². The third kappa shape index (κ3) is 6.58. The molecule has 0 spiro atoms. The van der Waals surface area contributed by atoms with Gasteiger partial charge in [-0.25, -0.2) is 5.01 Å². The van der Waals surface area contributed by atoms with Gasteiger partial charge >= 0.3 is 0 Å². The molecule has 0 aliphatic rings. The van der Waals surface area contributed by atoms with Gasteiger partial charge in [0.05, 0.1) is 0 Å². The summed E-state index contributed by atoms with van der Waals surface area (Å²) in [4.78, 5) is 0. The Balaban J connectivity index is 3.66. The molecule has 3 heteroatoms. The summed E-state index contributed by atoms with van der Waals surface area (Å²) in [6, 6.07) is 0.440. The van der Waals surface area contributed by atoms with E-state index in [9.17, 15) is 0 Å². The third-order valence-corrected chi connectivity index (χ3v) is 1.59. The van der Waals surface area contributed by atoms with Gasteiger partial charge in [0, 0.05) is 24.7 Å². The maximum absolute atomic E-state index is 5.69. The molecule has 0 amide bonds. The molecule has 0 saturated carbocycles. The second kappa shape index (κ2) is 4.80. The quantitative estimate of drug-likeness (QED) is 0.491. The number of rotatable bonds is 4. The molecular weight excluding hydrogens is 150 g/mol. The summed E-state index contributed by atoms with van der Waals surface area (Å²) in [5.41, 5.74) is 0.175. The molecule has 1 unspecified atom stereocenters. The number of hydrogen-bond acceptors (Lipinski definition) is 3. The van der Waals surface area contributed by atoms with E-state index in [1.54, 1.807) is 0 Å². The Morgan fingerprint density at radius 2 is 1.92 bits per heavy atom. The number of hydrazine groups is 1. The summed E-state index contributed by atoms with van der Waals surface area (Å²) in [6.07, 6.45) is 0. The van der Waals surface area contributed by atoms with Crippen molar-refractivity contribution in [1.82, 2.24) is 10.3 Å². The SMILES string of the molecule is CCN(N)CC(C)NC(C)(C)C. The molecule has 0 saturated heterocycles. The van der Waals surface area contributed by atoms with Crippen LogP contribution in [0, 0.1) is 0 Å². The smallest absolute Gasteiger partial charge is 0.0280 e. The minimum absolute atomic E-state index is 0.175. The van der Waals surface area contributed by atoms with Crippen LogP contribution in [0.25, 0.3) is 0 Å². The predicted molar refractivity (Wildman–Crippen MR) is 53.8 cm³/mol. The van der Waals surface area contributed by atoms with Crippen LogP contribution in [0.3, 0.4) is 0 Å². The normalized spacial score (nSPS) is 15.2. The van der Waals surface area contributed by atoms with Crippen LogP contribution in [0.4, 0.5) is 0 Å². The highest BCUT2D eigenvalue weighted by molar-refractivity contribution is 4.76. The number of hydrogen-bond donors (Lipinski definition) is 2. The zero-order valence-corrected chi connectivity index (χ0v) is 9.02. The first kappa shape index (κ1) is 11.9. The van der Waals surface area contributed by atoms with E-state index in [1.165, 1.54) is 0 Å². The molecule has 0 rings (SSSR count). The lowest BCUT2D eigenvalue weighted by atomic mass is 10.1. The summed E-state index contributed by atoms with van der Waals surface area (Å²) in [5, 5.41) is 5.29. The van der Waals surface area contributed by atoms with E-state index in [0.29, 0.717) is 6.04 Å². The Kier molecular flexibility index (Phi) is 4.75. The molecular formula is C9H23N3. The van der Waals surface area contributed by atoms with Crippen LogP contribution < -0.4 is 11.2 Å². The lowest BCUT2D eigenvalue weighted by Crippen LogP contribution is -2.49. The van der Waals surface area contributed by atoms with Crippen LogP contribution in [-0.4, -0.2) is 29.7 Å². The highest BCUT2D eigenvalue weighted by Crippen LogP contribution is 2.01. The van der Waals surface area contributed by atoms with Crippen molar-refractivity contribution in [3.63, 3.8) is 0 Å². The number of nitrogens with one attached hydrogen (secondary N) is 1. The minimum atomic E-state index is 0.175. The van der Waals surface area contributed by atoms with Crippen molar-refractivity contribution in [2.24, 2.45) is 5.84 Å². The number of nitrogens with zero attached hydrogens (tertiary/aromatic N) is 1. The molecule has 0 aliphatic carbocycles. The molecule has 3 nitrogen and oxygen atoms in total. The minimum Gasteiger partial charge on any atom is -0.308 e. The highest BCUT2D eigenvalue weighted by Gasteiger charge is 2.14. The fourth-order valence-corrected chi connectivity index (χ4v) is 1.27. The average molecular weight is 173 g/mol. The van der Waals surface area contributed by atoms with Crippen molar-refractivity contribution >= 4 is 0 Å². The molecule has 12 heavy (non-hydrogen) atoms. The van der Waals surface area contributed by atoms with Gasteiger partial charge in [0.1, 0.15) is 0 Å². The third-order valence-electron chi connectivity index (χ3n) is 1.59. The first-order chi connectivity index (χ1) is 5.35. The lowest BCUT2D eigenvalue weighted by molar-refractivity contribution is 0.243. The van der Waals surface area contributed by atoms with E-state index < -0.39 is 0 Å². The molecule has 0 heterocycles. The van der Waals surface area contributed by atoms with E-state index >= 15 is 0 Å². The van der Waals surface area contributed by atoms with E-state index in [4.69, 9.17) is 5.84 Å². The first-order valence-electron chi connectivity index (χ1n) is 4.62. The molecule has 0 aromatic heterocycles. The van der Waals surface area contributed by atoms with E-state index in [1.807, 2.05) is 5.01 Å². The fourth-order valence-electron chi connectivity index (χ4n) is 1.27. The fraction of sp³-hybridized carbons (Fsp3) is 1.00. The predicted octanol–water partition coefficient (Wildman–Crippen LogP) is 0.959. The molecule has 0 bridgehead atoms. The zero-order chi connectivity index (χ0) is 9.78. The summed E-state index contributed by atoms with van der Waals surface area (Å²) in [6.45, 7) is 12.5. The van der Waals surface area contributed by atoms with Crippen LogP contribution >= 0.6 is 0 Å². The standard InChI is InChI=1S/C9H23N3/c1-6-12(10)7-8(2)11-9(3,4)5/h8,11H,6-7,10H2,1-5H3. The molecule has 0 radical (unpaired) electrons. The van der Waals surface area contributed by atoms with Crippen molar-refractivity contribution in [2.45, 2.75) is 46.2 Å². The van der Waals surface area contributed by atoms with Gasteiger partial charge in [0.15, 0.2) is 0 Å². The highest BCUT2D eigenvalue weighted by atomic mass is 15.4. The molecule has 0 fully saturated rings. The maximum Gasteiger partial charge on any atom is 0.0280 e. The van der Waals surface area contributed by atoms with E-state index in [0.717, 1.165) is 13.1 Å². The summed E-state index contributed by atoms with van der Waals surface area (Å²) >= 11 is 0. The van der Waals surface area contributed by atoms with Gasteiger partial charge < -0.3 is 5.32 Å². The Morgan fingerprint density at radius 1 is 1.42 bits per heavy atom. The molecule has 0 aromatic carbocycles. The van der Waals surface area contributed by atoms with Crippen LogP contribution in [0.5, 0.6) is 0 Å². The maximum atomic E-state index is 5.69. The van der Waals surface area contributed by atoms with Crippen molar-refractivity contribution in [3.8, 4) is 0 Å². The summed E-state index contributed by atoms with van der Waals surface area (Å²) in [5.74, 6) is 5.69. The largest absolute Gasteiger partial charge is 0.308 e. The zero-order valence-electron chi connectivity index (χ0n) is 9.02. The van der Waals surface area contributed by atoms with Crippen LogP contribution in [0.2, 0.25) is 0 Å². The molecule has 0 aromatic rings. The molecule has 3 N–H and O–H groups in total. The van der Waals surface area contributed by atoms with Gasteiger partial charge in [-0.15, -0.1) is 0 Å². The Bertz CT molecular complexity index is 117. The lowest BCUT2D eigenvalue weighted by Gasteiger charge is -2.28. The van der Waals surface area contributed by atoms with Crippen molar-refractivity contribution in [3.05, 3.63) is 0 Å². The summed E-state index contributed by atoms with van der Waals surface area (Å²) < 4.78 is 0. The van der Waals surface area contributed by atoms with Crippen molar-refractivity contribution < 1.29 is 0 Å². The molecule has 1 atom stereocenters. The average Bonchev–Trinajstić information content (AvgIpc) is 1.82. The van der Waals surface area contributed by atoms with Crippen LogP contribution in [0.1, 0.15) is 34.6 Å². The van der Waals surface area contributed by atoms with Gasteiger partial charge in [-0.2, -0.15) is 0 Å².